The van der Waals surface area contributed by atoms with Crippen LogP contribution in [0.15, 0.2) is 0 Å². The molecule has 0 saturated heterocycles. The zero-order valence-corrected chi connectivity index (χ0v) is 13.8. The summed E-state index contributed by atoms with van der Waals surface area (Å²) in [4.78, 5) is 19.4. The van der Waals surface area contributed by atoms with Gasteiger partial charge in [-0.3, -0.25) is 0 Å². The fourth-order valence-electron chi connectivity index (χ4n) is 1.87. The van der Waals surface area contributed by atoms with Gasteiger partial charge in [0.15, 0.2) is 6.16 Å². The van der Waals surface area contributed by atoms with E-state index in [-0.39, 0.29) is 12.8 Å². The standard InChI is InChI=1S/C14H33NO4P/c1-2-3-4-5-6-9-13-19-20(17,18)14-11-15-10-7-8-12-16/h15-18H,2-14H2,1H3/q+1. The second-order valence-electron chi connectivity index (χ2n) is 5.17. The molecule has 122 valence electrons. The van der Waals surface area contributed by atoms with E-state index in [0.29, 0.717) is 13.2 Å². The molecule has 0 radical (unpaired) electrons. The van der Waals surface area contributed by atoms with E-state index >= 15 is 0 Å². The molecule has 0 aromatic rings. The van der Waals surface area contributed by atoms with Gasteiger partial charge in [-0.15, -0.1) is 0 Å². The molecule has 5 nitrogen and oxygen atoms in total. The van der Waals surface area contributed by atoms with Gasteiger partial charge in [0, 0.05) is 13.2 Å². The largest absolute Gasteiger partial charge is 0.407 e. The quantitative estimate of drug-likeness (QED) is 0.276. The van der Waals surface area contributed by atoms with Gasteiger partial charge in [0.05, 0.1) is 6.61 Å². The lowest BCUT2D eigenvalue weighted by Crippen LogP contribution is -2.21. The molecule has 0 aliphatic heterocycles. The second kappa shape index (κ2) is 14.2. The van der Waals surface area contributed by atoms with Crippen LogP contribution < -0.4 is 5.32 Å². The summed E-state index contributed by atoms with van der Waals surface area (Å²) in [5.74, 6) is 0. The van der Waals surface area contributed by atoms with Crippen molar-refractivity contribution >= 4 is 7.94 Å². The molecule has 0 aromatic carbocycles. The molecule has 0 amide bonds. The van der Waals surface area contributed by atoms with Crippen molar-refractivity contribution < 1.29 is 19.4 Å². The molecule has 6 heteroatoms. The maximum absolute atomic E-state index is 9.72. The van der Waals surface area contributed by atoms with Gasteiger partial charge in [-0.05, 0) is 25.8 Å². The van der Waals surface area contributed by atoms with Crippen molar-refractivity contribution in [3.05, 3.63) is 0 Å². The first-order chi connectivity index (χ1) is 9.62. The lowest BCUT2D eigenvalue weighted by atomic mass is 10.1. The number of aliphatic hydroxyl groups is 1. The van der Waals surface area contributed by atoms with E-state index in [1.807, 2.05) is 0 Å². The van der Waals surface area contributed by atoms with Gasteiger partial charge in [0.1, 0.15) is 0 Å². The Bertz CT molecular complexity index is 206. The number of unbranched alkanes of at least 4 members (excludes halogenated alkanes) is 6. The van der Waals surface area contributed by atoms with Gasteiger partial charge < -0.3 is 10.4 Å². The molecule has 20 heavy (non-hydrogen) atoms. The van der Waals surface area contributed by atoms with Gasteiger partial charge in [0.25, 0.3) is 0 Å². The molecule has 0 rings (SSSR count). The normalized spacial score (nSPS) is 12.0. The van der Waals surface area contributed by atoms with Gasteiger partial charge in [-0.25, -0.2) is 0 Å². The van der Waals surface area contributed by atoms with Crippen LogP contribution in [0.5, 0.6) is 0 Å². The predicted molar refractivity (Wildman–Crippen MR) is 84.7 cm³/mol. The highest BCUT2D eigenvalue weighted by atomic mass is 31.2. The molecular formula is C14H33NO4P+. The summed E-state index contributed by atoms with van der Waals surface area (Å²) in [5.41, 5.74) is 0. The van der Waals surface area contributed by atoms with E-state index < -0.39 is 7.94 Å². The van der Waals surface area contributed by atoms with Crippen LogP contribution >= 0.6 is 7.94 Å². The van der Waals surface area contributed by atoms with Crippen molar-refractivity contribution in [1.29, 1.82) is 0 Å². The molecule has 0 aliphatic rings. The van der Waals surface area contributed by atoms with E-state index in [1.54, 1.807) is 0 Å². The van der Waals surface area contributed by atoms with Crippen LogP contribution in [0.2, 0.25) is 0 Å². The van der Waals surface area contributed by atoms with Crippen LogP contribution in [0.4, 0.5) is 0 Å². The summed E-state index contributed by atoms with van der Waals surface area (Å²) in [6, 6.07) is 0. The highest BCUT2D eigenvalue weighted by Gasteiger charge is 2.34. The Morgan fingerprint density at radius 1 is 0.900 bits per heavy atom. The third-order valence-corrected chi connectivity index (χ3v) is 4.54. The Hall–Kier alpha value is 0.230. The summed E-state index contributed by atoms with van der Waals surface area (Å²) in [6.07, 6.45) is 8.91. The fourth-order valence-corrected chi connectivity index (χ4v) is 2.87. The molecule has 0 unspecified atom stereocenters. The first-order valence-corrected chi connectivity index (χ1v) is 9.72. The molecule has 0 aliphatic carbocycles. The topological polar surface area (TPSA) is 82.0 Å². The van der Waals surface area contributed by atoms with Crippen molar-refractivity contribution in [3.63, 3.8) is 0 Å². The smallest absolute Gasteiger partial charge is 0.396 e. The molecule has 0 saturated carbocycles. The van der Waals surface area contributed by atoms with Gasteiger partial charge in [-0.2, -0.15) is 14.3 Å². The number of rotatable bonds is 15. The maximum atomic E-state index is 9.72. The summed E-state index contributed by atoms with van der Waals surface area (Å²) >= 11 is 0. The number of hydrogen-bond donors (Lipinski definition) is 4. The number of hydrogen-bond acceptors (Lipinski definition) is 5. The fraction of sp³-hybridized carbons (Fsp3) is 1.00. The number of nitrogens with one attached hydrogen (secondary N) is 1. The minimum Gasteiger partial charge on any atom is -0.396 e. The van der Waals surface area contributed by atoms with Gasteiger partial charge >= 0.3 is 7.94 Å². The van der Waals surface area contributed by atoms with E-state index in [1.165, 1.54) is 25.7 Å². The summed E-state index contributed by atoms with van der Waals surface area (Å²) in [5, 5.41) is 11.7. The Labute approximate surface area is 124 Å². The lowest BCUT2D eigenvalue weighted by molar-refractivity contribution is 0.223. The van der Waals surface area contributed by atoms with Crippen LogP contribution in [0.25, 0.3) is 0 Å². The predicted octanol–water partition coefficient (Wildman–Crippen LogP) is 2.47. The summed E-state index contributed by atoms with van der Waals surface area (Å²) in [6.45, 7) is 4.18. The Morgan fingerprint density at radius 2 is 1.60 bits per heavy atom. The average Bonchev–Trinajstić information content (AvgIpc) is 2.41. The third kappa shape index (κ3) is 14.6. The van der Waals surface area contributed by atoms with Crippen molar-refractivity contribution in [1.82, 2.24) is 5.32 Å². The monoisotopic (exact) mass is 310 g/mol. The Balaban J connectivity index is 3.35. The summed E-state index contributed by atoms with van der Waals surface area (Å²) in [7, 11) is -3.17. The molecule has 4 N–H and O–H groups in total. The van der Waals surface area contributed by atoms with E-state index in [0.717, 1.165) is 32.2 Å². The van der Waals surface area contributed by atoms with E-state index in [4.69, 9.17) is 9.63 Å². The summed E-state index contributed by atoms with van der Waals surface area (Å²) < 4.78 is 5.21. The van der Waals surface area contributed by atoms with Crippen LogP contribution in [0.3, 0.4) is 0 Å². The minimum absolute atomic E-state index is 0.208. The highest BCUT2D eigenvalue weighted by Crippen LogP contribution is 2.50. The van der Waals surface area contributed by atoms with Crippen molar-refractivity contribution in [2.24, 2.45) is 0 Å². The average molecular weight is 310 g/mol. The second-order valence-corrected chi connectivity index (χ2v) is 7.20. The highest BCUT2D eigenvalue weighted by molar-refractivity contribution is 7.59. The van der Waals surface area contributed by atoms with Crippen molar-refractivity contribution in [3.8, 4) is 0 Å². The molecule has 0 aromatic heterocycles. The van der Waals surface area contributed by atoms with E-state index in [2.05, 4.69) is 12.2 Å². The van der Waals surface area contributed by atoms with Gasteiger partial charge in [0.2, 0.25) is 0 Å². The zero-order chi connectivity index (χ0) is 15.1. The molecule has 0 fully saturated rings. The lowest BCUT2D eigenvalue weighted by Gasteiger charge is -2.11. The SMILES string of the molecule is CCCCCCCCO[P+](O)(O)CCNCCCCO. The van der Waals surface area contributed by atoms with Crippen LogP contribution in [0, 0.1) is 0 Å². The molecule has 0 heterocycles. The van der Waals surface area contributed by atoms with Crippen molar-refractivity contribution in [2.45, 2.75) is 58.3 Å². The Kier molecular flexibility index (Phi) is 14.3. The zero-order valence-electron chi connectivity index (χ0n) is 12.9. The number of aliphatic hydroxyl groups excluding tert-OH is 1. The molecular weight excluding hydrogens is 277 g/mol. The van der Waals surface area contributed by atoms with Crippen LogP contribution in [0.1, 0.15) is 58.3 Å². The Morgan fingerprint density at radius 3 is 2.30 bits per heavy atom. The first kappa shape index (κ1) is 20.2. The maximum Gasteiger partial charge on any atom is 0.407 e. The first-order valence-electron chi connectivity index (χ1n) is 7.92. The molecule has 0 bridgehead atoms. The third-order valence-electron chi connectivity index (χ3n) is 3.14. The van der Waals surface area contributed by atoms with Crippen LogP contribution in [-0.4, -0.2) is 47.4 Å². The van der Waals surface area contributed by atoms with Crippen LogP contribution in [-0.2, 0) is 4.52 Å². The van der Waals surface area contributed by atoms with E-state index in [9.17, 15) is 9.79 Å². The van der Waals surface area contributed by atoms with Gasteiger partial charge in [-0.1, -0.05) is 39.0 Å². The van der Waals surface area contributed by atoms with Crippen molar-refractivity contribution in [2.75, 3.05) is 32.5 Å². The minimum atomic E-state index is -3.17. The molecule has 0 spiro atoms. The molecule has 0 atom stereocenters.